The maximum atomic E-state index is 6.18. The van der Waals surface area contributed by atoms with Gasteiger partial charge in [-0.15, -0.1) is 0 Å². The summed E-state index contributed by atoms with van der Waals surface area (Å²) in [5, 5.41) is 4.32. The van der Waals surface area contributed by atoms with Gasteiger partial charge in [0.15, 0.2) is 0 Å². The number of halogens is 2. The van der Waals surface area contributed by atoms with E-state index in [9.17, 15) is 0 Å². The molecule has 1 N–H and O–H groups in total. The van der Waals surface area contributed by atoms with Crippen molar-refractivity contribution in [2.75, 3.05) is 7.05 Å². The van der Waals surface area contributed by atoms with E-state index in [1.54, 1.807) is 18.6 Å². The first-order valence-electron chi connectivity index (χ1n) is 4.87. The first-order chi connectivity index (χ1) is 7.74. The highest BCUT2D eigenvalue weighted by Crippen LogP contribution is 2.32. The molecule has 0 aliphatic heterocycles. The third-order valence-corrected chi connectivity index (χ3v) is 3.29. The zero-order valence-corrected chi connectivity index (χ0v) is 10.2. The van der Waals surface area contributed by atoms with Crippen molar-refractivity contribution in [3.63, 3.8) is 0 Å². The maximum Gasteiger partial charge on any atom is 0.0953 e. The lowest BCUT2D eigenvalue weighted by atomic mass is 10.0. The molecular weight excluding hydrogens is 245 g/mol. The lowest BCUT2D eigenvalue weighted by Gasteiger charge is -2.16. The Kier molecular flexibility index (Phi) is 3.54. The highest BCUT2D eigenvalue weighted by molar-refractivity contribution is 6.42. The molecule has 2 rings (SSSR count). The Labute approximate surface area is 104 Å². The van der Waals surface area contributed by atoms with Crippen molar-refractivity contribution < 1.29 is 4.42 Å². The average Bonchev–Trinajstić information content (AvgIpc) is 2.79. The Morgan fingerprint density at radius 3 is 2.69 bits per heavy atom. The first kappa shape index (κ1) is 11.5. The average molecular weight is 256 g/mol. The van der Waals surface area contributed by atoms with Crippen molar-refractivity contribution in [3.8, 4) is 0 Å². The van der Waals surface area contributed by atoms with E-state index in [1.807, 2.05) is 25.2 Å². The number of hydrogen-bond acceptors (Lipinski definition) is 2. The van der Waals surface area contributed by atoms with Crippen LogP contribution in [0.15, 0.2) is 41.2 Å². The van der Waals surface area contributed by atoms with E-state index in [-0.39, 0.29) is 6.04 Å². The summed E-state index contributed by atoms with van der Waals surface area (Å²) in [6.45, 7) is 0. The minimum Gasteiger partial charge on any atom is -0.472 e. The SMILES string of the molecule is CNC(c1ccoc1)c1cccc(Cl)c1Cl. The van der Waals surface area contributed by atoms with Crippen molar-refractivity contribution in [3.05, 3.63) is 58.0 Å². The smallest absolute Gasteiger partial charge is 0.0953 e. The molecule has 2 nitrogen and oxygen atoms in total. The van der Waals surface area contributed by atoms with E-state index in [0.29, 0.717) is 10.0 Å². The molecule has 0 radical (unpaired) electrons. The molecule has 0 bridgehead atoms. The van der Waals surface area contributed by atoms with Crippen LogP contribution in [0.5, 0.6) is 0 Å². The Bertz CT molecular complexity index is 468. The van der Waals surface area contributed by atoms with E-state index >= 15 is 0 Å². The van der Waals surface area contributed by atoms with Crippen molar-refractivity contribution in [1.82, 2.24) is 5.32 Å². The van der Waals surface area contributed by atoms with Gasteiger partial charge in [0.25, 0.3) is 0 Å². The summed E-state index contributed by atoms with van der Waals surface area (Å²) in [7, 11) is 1.87. The van der Waals surface area contributed by atoms with Crippen LogP contribution in [0.25, 0.3) is 0 Å². The molecule has 0 spiro atoms. The summed E-state index contributed by atoms with van der Waals surface area (Å²) in [4.78, 5) is 0. The molecule has 16 heavy (non-hydrogen) atoms. The topological polar surface area (TPSA) is 25.2 Å². The second-order valence-corrected chi connectivity index (χ2v) is 4.21. The van der Waals surface area contributed by atoms with E-state index in [0.717, 1.165) is 11.1 Å². The summed E-state index contributed by atoms with van der Waals surface area (Å²) in [6.07, 6.45) is 3.33. The van der Waals surface area contributed by atoms with Crippen molar-refractivity contribution in [1.29, 1.82) is 0 Å². The van der Waals surface area contributed by atoms with E-state index in [2.05, 4.69) is 5.32 Å². The summed E-state index contributed by atoms with van der Waals surface area (Å²) in [5.74, 6) is 0. The Morgan fingerprint density at radius 1 is 1.25 bits per heavy atom. The molecule has 0 aliphatic carbocycles. The molecule has 2 aromatic rings. The zero-order chi connectivity index (χ0) is 11.5. The molecule has 1 heterocycles. The molecule has 4 heteroatoms. The molecule has 0 amide bonds. The number of nitrogens with one attached hydrogen (secondary N) is 1. The summed E-state index contributed by atoms with van der Waals surface area (Å²) in [5.41, 5.74) is 1.96. The first-order valence-corrected chi connectivity index (χ1v) is 5.63. The van der Waals surface area contributed by atoms with Crippen LogP contribution in [0.3, 0.4) is 0 Å². The Hall–Kier alpha value is -0.960. The van der Waals surface area contributed by atoms with Crippen LogP contribution in [0.4, 0.5) is 0 Å². The predicted molar refractivity (Wildman–Crippen MR) is 66.1 cm³/mol. The van der Waals surface area contributed by atoms with Gasteiger partial charge in [-0.2, -0.15) is 0 Å². The van der Waals surface area contributed by atoms with Gasteiger partial charge in [-0.05, 0) is 24.7 Å². The van der Waals surface area contributed by atoms with E-state index in [4.69, 9.17) is 27.6 Å². The summed E-state index contributed by atoms with van der Waals surface area (Å²) >= 11 is 12.2. The second-order valence-electron chi connectivity index (χ2n) is 3.42. The molecule has 1 aromatic carbocycles. The van der Waals surface area contributed by atoms with Crippen LogP contribution < -0.4 is 5.32 Å². The molecular formula is C12H11Cl2NO. The highest BCUT2D eigenvalue weighted by Gasteiger charge is 2.17. The highest BCUT2D eigenvalue weighted by atomic mass is 35.5. The quantitative estimate of drug-likeness (QED) is 0.901. The van der Waals surface area contributed by atoms with Gasteiger partial charge in [-0.1, -0.05) is 35.3 Å². The van der Waals surface area contributed by atoms with Crippen molar-refractivity contribution >= 4 is 23.2 Å². The second kappa shape index (κ2) is 4.91. The number of rotatable bonds is 3. The zero-order valence-electron chi connectivity index (χ0n) is 8.71. The molecule has 0 saturated carbocycles. The van der Waals surface area contributed by atoms with Gasteiger partial charge < -0.3 is 9.73 Å². The monoisotopic (exact) mass is 255 g/mol. The van der Waals surface area contributed by atoms with Crippen molar-refractivity contribution in [2.24, 2.45) is 0 Å². The lowest BCUT2D eigenvalue weighted by Crippen LogP contribution is -2.17. The fourth-order valence-electron chi connectivity index (χ4n) is 1.68. The largest absolute Gasteiger partial charge is 0.472 e. The van der Waals surface area contributed by atoms with Gasteiger partial charge in [0.1, 0.15) is 0 Å². The fraction of sp³-hybridized carbons (Fsp3) is 0.167. The molecule has 0 saturated heterocycles. The van der Waals surface area contributed by atoms with Gasteiger partial charge >= 0.3 is 0 Å². The van der Waals surface area contributed by atoms with E-state index < -0.39 is 0 Å². The normalized spacial score (nSPS) is 12.7. The molecule has 1 aromatic heterocycles. The van der Waals surface area contributed by atoms with Gasteiger partial charge in [-0.3, -0.25) is 0 Å². The number of hydrogen-bond donors (Lipinski definition) is 1. The van der Waals surface area contributed by atoms with Crippen LogP contribution in [0.1, 0.15) is 17.2 Å². The minimum absolute atomic E-state index is 0.00931. The molecule has 84 valence electrons. The van der Waals surface area contributed by atoms with Crippen molar-refractivity contribution in [2.45, 2.75) is 6.04 Å². The molecule has 0 fully saturated rings. The van der Waals surface area contributed by atoms with Crippen LogP contribution >= 0.6 is 23.2 Å². The third-order valence-electron chi connectivity index (χ3n) is 2.46. The maximum absolute atomic E-state index is 6.18. The molecule has 1 unspecified atom stereocenters. The molecule has 1 atom stereocenters. The number of benzene rings is 1. The van der Waals surface area contributed by atoms with Crippen LogP contribution in [0, 0.1) is 0 Å². The van der Waals surface area contributed by atoms with E-state index in [1.165, 1.54) is 0 Å². The third kappa shape index (κ3) is 2.09. The van der Waals surface area contributed by atoms with Crippen LogP contribution in [0.2, 0.25) is 10.0 Å². The summed E-state index contributed by atoms with van der Waals surface area (Å²) < 4.78 is 5.07. The van der Waals surface area contributed by atoms with Gasteiger partial charge in [0.05, 0.1) is 28.6 Å². The van der Waals surface area contributed by atoms with Crippen LogP contribution in [-0.4, -0.2) is 7.05 Å². The van der Waals surface area contributed by atoms with Gasteiger partial charge in [0, 0.05) is 5.56 Å². The Morgan fingerprint density at radius 2 is 2.06 bits per heavy atom. The predicted octanol–water partition coefficient (Wildman–Crippen LogP) is 3.90. The number of furan rings is 1. The standard InChI is InChI=1S/C12H11Cl2NO/c1-15-12(8-5-6-16-7-8)9-3-2-4-10(13)11(9)14/h2-7,12,15H,1H3. The summed E-state index contributed by atoms with van der Waals surface area (Å²) in [6, 6.07) is 7.49. The molecule has 0 aliphatic rings. The van der Waals surface area contributed by atoms with Gasteiger partial charge in [0.2, 0.25) is 0 Å². The van der Waals surface area contributed by atoms with Crippen LogP contribution in [-0.2, 0) is 0 Å². The Balaban J connectivity index is 2.45. The fourth-order valence-corrected chi connectivity index (χ4v) is 2.10. The minimum atomic E-state index is -0.00931. The lowest BCUT2D eigenvalue weighted by molar-refractivity contribution is 0.557. The van der Waals surface area contributed by atoms with Gasteiger partial charge in [-0.25, -0.2) is 0 Å².